The molecule has 9 atom stereocenters. The molecule has 242 valence electrons. The first kappa shape index (κ1) is 32.2. The van der Waals surface area contributed by atoms with E-state index in [4.69, 9.17) is 14.2 Å². The van der Waals surface area contributed by atoms with Crippen molar-refractivity contribution in [3.63, 3.8) is 0 Å². The number of carbonyl (C=O) groups is 4. The molecule has 0 aromatic carbocycles. The highest BCUT2D eigenvalue weighted by Crippen LogP contribution is 2.70. The number of halogens is 1. The van der Waals surface area contributed by atoms with E-state index in [1.807, 2.05) is 13.8 Å². The lowest BCUT2D eigenvalue weighted by Gasteiger charge is -2.60. The van der Waals surface area contributed by atoms with Gasteiger partial charge in [-0.25, -0.2) is 4.39 Å². The minimum Gasteiger partial charge on any atom is -0.456 e. The van der Waals surface area contributed by atoms with Gasteiger partial charge in [0.2, 0.25) is 11.7 Å². The van der Waals surface area contributed by atoms with Crippen molar-refractivity contribution in [1.82, 2.24) is 5.32 Å². The number of esters is 1. The molecule has 1 amide bonds. The van der Waals surface area contributed by atoms with Gasteiger partial charge in [-0.1, -0.05) is 19.9 Å². The third kappa shape index (κ3) is 5.24. The van der Waals surface area contributed by atoms with Crippen LogP contribution < -0.4 is 5.32 Å². The van der Waals surface area contributed by atoms with E-state index in [0.29, 0.717) is 12.0 Å². The van der Waals surface area contributed by atoms with Crippen LogP contribution in [0, 0.1) is 38.7 Å². The predicted octanol–water partition coefficient (Wildman–Crippen LogP) is 1.93. The van der Waals surface area contributed by atoms with Crippen molar-refractivity contribution in [2.45, 2.75) is 89.6 Å². The van der Waals surface area contributed by atoms with Crippen LogP contribution >= 0.6 is 0 Å². The number of carbonyl (C=O) groups excluding carboxylic acids is 4. The van der Waals surface area contributed by atoms with Crippen molar-refractivity contribution in [2.24, 2.45) is 28.6 Å². The van der Waals surface area contributed by atoms with Crippen LogP contribution in [-0.2, 0) is 38.2 Å². The smallest absolute Gasteiger partial charge is 0.325 e. The topological polar surface area (TPSA) is 181 Å². The summed E-state index contributed by atoms with van der Waals surface area (Å²) >= 11 is 0. The van der Waals surface area contributed by atoms with Crippen molar-refractivity contribution >= 4 is 23.4 Å². The largest absolute Gasteiger partial charge is 0.456 e. The maximum Gasteiger partial charge on any atom is 0.325 e. The SMILES string of the molecule is CC1(C)O[C@@H]2CC3C4C[C@H](F)C5=CC(=O)C=C[C@]5(C)C4[C@@H](O)C[C@]3(C)[C@@]2(C(=O)COC(=O)CNC(=O)CCCO[N+](=O)[O-])O1. The molecule has 0 radical (unpaired) electrons. The fraction of sp³-hybridized carbons (Fsp3) is 0.733. The van der Waals surface area contributed by atoms with Gasteiger partial charge < -0.3 is 29.5 Å². The average molecular weight is 623 g/mol. The number of nitrogens with zero attached hydrogens (tertiary/aromatic N) is 1. The molecule has 5 aliphatic rings. The number of amides is 1. The van der Waals surface area contributed by atoms with Crippen molar-refractivity contribution in [1.29, 1.82) is 0 Å². The summed E-state index contributed by atoms with van der Waals surface area (Å²) in [5, 5.41) is 23.3. The van der Waals surface area contributed by atoms with Crippen LogP contribution in [0.5, 0.6) is 0 Å². The Bertz CT molecular complexity index is 1320. The average Bonchev–Trinajstić information content (AvgIpc) is 3.34. The molecule has 1 aliphatic heterocycles. The van der Waals surface area contributed by atoms with Crippen LogP contribution in [0.25, 0.3) is 0 Å². The monoisotopic (exact) mass is 622 g/mol. The number of hydrogen-bond donors (Lipinski definition) is 2. The number of nitrogens with one attached hydrogen (secondary N) is 1. The van der Waals surface area contributed by atoms with Crippen LogP contribution in [0.15, 0.2) is 23.8 Å². The number of ketones is 2. The number of fused-ring (bicyclic) bond motifs is 7. The number of hydrogen-bond acceptors (Lipinski definition) is 11. The summed E-state index contributed by atoms with van der Waals surface area (Å²) in [6, 6.07) is 0. The number of alkyl halides is 1. The van der Waals surface area contributed by atoms with Gasteiger partial charge in [0.15, 0.2) is 23.8 Å². The molecule has 1 heterocycles. The Morgan fingerprint density at radius 3 is 2.66 bits per heavy atom. The molecular weight excluding hydrogens is 583 g/mol. The highest BCUT2D eigenvalue weighted by molar-refractivity contribution is 6.01. The van der Waals surface area contributed by atoms with Gasteiger partial charge in [0.25, 0.3) is 5.09 Å². The molecule has 0 aromatic heterocycles. The minimum atomic E-state index is -1.59. The van der Waals surface area contributed by atoms with Crippen molar-refractivity contribution in [3.8, 4) is 0 Å². The molecule has 0 aromatic rings. The van der Waals surface area contributed by atoms with E-state index < -0.39 is 82.4 Å². The Balaban J connectivity index is 1.31. The third-order valence-corrected chi connectivity index (χ3v) is 10.4. The fourth-order valence-corrected chi connectivity index (χ4v) is 8.87. The van der Waals surface area contributed by atoms with Crippen LogP contribution in [0.3, 0.4) is 0 Å². The molecule has 4 fully saturated rings. The summed E-state index contributed by atoms with van der Waals surface area (Å²) in [5.74, 6) is -4.44. The van der Waals surface area contributed by atoms with Gasteiger partial charge in [-0.05, 0) is 69.1 Å². The molecular formula is C30H39FN2O11. The second-order valence-corrected chi connectivity index (χ2v) is 13.4. The number of allylic oxidation sites excluding steroid dienone is 4. The van der Waals surface area contributed by atoms with Gasteiger partial charge in [-0.3, -0.25) is 19.2 Å². The van der Waals surface area contributed by atoms with Gasteiger partial charge in [0.1, 0.15) is 12.7 Å². The standard InChI is InChI=1S/C30H39FN2O11/c1-27(2)43-23-12-18-17-11-20(31)19-10-16(34)7-8-28(19,3)26(17)21(35)13-29(18,4)30(23,44-27)22(36)15-41-25(38)14-32-24(37)6-5-9-42-33(39)40/h7-8,10,17-18,20-21,23,26,35H,5-6,9,11-15H2,1-4H3,(H,32,37)/t17?,18?,20-,21-,23+,26?,28-,29-,30-/m0/s1. The lowest BCUT2D eigenvalue weighted by atomic mass is 9.46. The van der Waals surface area contributed by atoms with Crippen LogP contribution in [0.4, 0.5) is 4.39 Å². The van der Waals surface area contributed by atoms with Crippen LogP contribution in [-0.4, -0.2) is 83.2 Å². The molecule has 0 spiro atoms. The second-order valence-electron chi connectivity index (χ2n) is 13.4. The van der Waals surface area contributed by atoms with E-state index in [-0.39, 0.29) is 49.9 Å². The second kappa shape index (κ2) is 11.3. The Morgan fingerprint density at radius 1 is 1.23 bits per heavy atom. The lowest BCUT2D eigenvalue weighted by Crippen LogP contribution is -2.64. The van der Waals surface area contributed by atoms with E-state index in [2.05, 4.69) is 10.2 Å². The summed E-state index contributed by atoms with van der Waals surface area (Å²) in [4.78, 5) is 64.9. The lowest BCUT2D eigenvalue weighted by molar-refractivity contribution is -0.757. The number of ether oxygens (including phenoxy) is 3. The Kier molecular flexibility index (Phi) is 8.25. The fourth-order valence-electron chi connectivity index (χ4n) is 8.87. The molecule has 3 unspecified atom stereocenters. The molecule has 0 bridgehead atoms. The van der Waals surface area contributed by atoms with Gasteiger partial charge >= 0.3 is 5.97 Å². The van der Waals surface area contributed by atoms with Gasteiger partial charge in [0, 0.05) is 23.2 Å². The molecule has 5 rings (SSSR count). The Morgan fingerprint density at radius 2 is 1.95 bits per heavy atom. The number of aliphatic hydroxyl groups is 1. The summed E-state index contributed by atoms with van der Waals surface area (Å²) < 4.78 is 33.7. The van der Waals surface area contributed by atoms with Crippen molar-refractivity contribution in [2.75, 3.05) is 19.8 Å². The van der Waals surface area contributed by atoms with E-state index in [1.165, 1.54) is 12.2 Å². The first-order valence-corrected chi connectivity index (χ1v) is 14.9. The van der Waals surface area contributed by atoms with Gasteiger partial charge in [-0.2, -0.15) is 0 Å². The van der Waals surface area contributed by atoms with E-state index in [9.17, 15) is 34.4 Å². The zero-order chi connectivity index (χ0) is 32.2. The number of Topliss-reactive ketones (excluding diaryl/α,β-unsaturated/α-hetero) is 1. The highest BCUT2D eigenvalue weighted by atomic mass is 19.1. The molecule has 1 saturated heterocycles. The molecule has 2 N–H and O–H groups in total. The molecule has 3 saturated carbocycles. The predicted molar refractivity (Wildman–Crippen MR) is 148 cm³/mol. The molecule has 13 nitrogen and oxygen atoms in total. The molecule has 14 heteroatoms. The van der Waals surface area contributed by atoms with E-state index >= 15 is 4.39 Å². The van der Waals surface area contributed by atoms with Gasteiger partial charge in [-0.15, -0.1) is 10.1 Å². The maximum atomic E-state index is 15.8. The maximum absolute atomic E-state index is 15.8. The van der Waals surface area contributed by atoms with Crippen LogP contribution in [0.1, 0.15) is 59.8 Å². The normalized spacial score (nSPS) is 39.7. The first-order chi connectivity index (χ1) is 20.5. The first-order valence-electron chi connectivity index (χ1n) is 14.9. The zero-order valence-corrected chi connectivity index (χ0v) is 25.2. The molecule has 4 aliphatic carbocycles. The highest BCUT2D eigenvalue weighted by Gasteiger charge is 2.77. The van der Waals surface area contributed by atoms with Crippen molar-refractivity contribution in [3.05, 3.63) is 33.9 Å². The Labute approximate surface area is 253 Å². The van der Waals surface area contributed by atoms with E-state index in [1.54, 1.807) is 19.9 Å². The summed E-state index contributed by atoms with van der Waals surface area (Å²) in [6.45, 7) is 5.60. The quantitative estimate of drug-likeness (QED) is 0.157. The Hall–Kier alpha value is -3.23. The van der Waals surface area contributed by atoms with E-state index in [0.717, 1.165) is 0 Å². The number of aliphatic hydroxyl groups excluding tert-OH is 1. The minimum absolute atomic E-state index is 0.0686. The summed E-state index contributed by atoms with van der Waals surface area (Å²) in [6.07, 6.45) is 1.92. The van der Waals surface area contributed by atoms with Crippen molar-refractivity contribution < 1.29 is 52.8 Å². The molecule has 44 heavy (non-hydrogen) atoms. The number of rotatable bonds is 10. The zero-order valence-electron chi connectivity index (χ0n) is 25.2. The van der Waals surface area contributed by atoms with Crippen LogP contribution in [0.2, 0.25) is 0 Å². The van der Waals surface area contributed by atoms with Gasteiger partial charge in [0.05, 0.1) is 18.8 Å². The summed E-state index contributed by atoms with van der Waals surface area (Å²) in [7, 11) is 0. The summed E-state index contributed by atoms with van der Waals surface area (Å²) in [5.41, 5.74) is -3.09. The third-order valence-electron chi connectivity index (χ3n) is 10.4.